The van der Waals surface area contributed by atoms with E-state index in [4.69, 9.17) is 6.57 Å². The van der Waals surface area contributed by atoms with Gasteiger partial charge in [-0.3, -0.25) is 4.98 Å². The molecule has 0 bridgehead atoms. The van der Waals surface area contributed by atoms with E-state index in [0.29, 0.717) is 25.9 Å². The van der Waals surface area contributed by atoms with Crippen molar-refractivity contribution in [3.05, 3.63) is 54.0 Å². The first-order valence-corrected chi connectivity index (χ1v) is 11.5. The predicted molar refractivity (Wildman–Crippen MR) is 114 cm³/mol. The topological polar surface area (TPSA) is 107 Å². The van der Waals surface area contributed by atoms with E-state index >= 15 is 0 Å². The monoisotopic (exact) mass is 511 g/mol. The summed E-state index contributed by atoms with van der Waals surface area (Å²) in [6.07, 6.45) is 4.59. The minimum Gasteiger partial charge on any atom is -0.386 e. The summed E-state index contributed by atoms with van der Waals surface area (Å²) in [5.41, 5.74) is -5.69. The number of hydrogen-bond acceptors (Lipinski definition) is 8. The van der Waals surface area contributed by atoms with Crippen LogP contribution in [0.1, 0.15) is 24.6 Å². The Morgan fingerprint density at radius 3 is 2.43 bits per heavy atom. The molecule has 0 N–H and O–H groups in total. The third kappa shape index (κ3) is 4.74. The first-order chi connectivity index (χ1) is 16.5. The van der Waals surface area contributed by atoms with Crippen LogP contribution in [0.4, 0.5) is 28.9 Å². The van der Waals surface area contributed by atoms with Gasteiger partial charge in [-0.1, -0.05) is 0 Å². The van der Waals surface area contributed by atoms with Crippen LogP contribution in [0.15, 0.2) is 30.9 Å². The first kappa shape index (κ1) is 24.3. The summed E-state index contributed by atoms with van der Waals surface area (Å²) in [5, 5.41) is 7.99. The van der Waals surface area contributed by atoms with Gasteiger partial charge in [-0.2, -0.15) is 26.0 Å². The van der Waals surface area contributed by atoms with Crippen molar-refractivity contribution in [2.75, 3.05) is 18.0 Å². The Balaban J connectivity index is 1.77. The van der Waals surface area contributed by atoms with Crippen molar-refractivity contribution in [2.24, 2.45) is 7.05 Å². The molecule has 0 atom stereocenters. The molecule has 0 spiro atoms. The number of piperidine rings is 1. The second-order valence-corrected chi connectivity index (χ2v) is 9.23. The highest BCUT2D eigenvalue weighted by atomic mass is 32.2. The van der Waals surface area contributed by atoms with Gasteiger partial charge in [-0.05, 0) is 25.0 Å². The molecule has 1 saturated heterocycles. The molecule has 0 saturated carbocycles. The van der Waals surface area contributed by atoms with Gasteiger partial charge < -0.3 is 13.7 Å². The number of halogens is 4. The molecule has 0 unspecified atom stereocenters. The molecule has 10 nitrogen and oxygen atoms in total. The standard InChI is InChI=1S/C20H17F4N7O3S/c1-25-17-14(34-35(32,33)20(22,23)24)10-27-16(13-3-4-15(21)26-9-13)18(17)31-7-5-12(6-8-31)19-29-28-11-30(19)2/h3-4,9-12H,5-8H2,2H3. The largest absolute Gasteiger partial charge is 0.534 e. The van der Waals surface area contributed by atoms with E-state index in [2.05, 4.69) is 29.2 Å². The summed E-state index contributed by atoms with van der Waals surface area (Å²) in [6, 6.07) is 2.42. The minimum absolute atomic E-state index is 0.0454. The lowest BCUT2D eigenvalue weighted by atomic mass is 9.95. The smallest absolute Gasteiger partial charge is 0.386 e. The number of alkyl halides is 3. The summed E-state index contributed by atoms with van der Waals surface area (Å²) in [4.78, 5) is 12.6. The highest BCUT2D eigenvalue weighted by Gasteiger charge is 2.49. The molecule has 1 fully saturated rings. The molecule has 1 aliphatic heterocycles. The van der Waals surface area contributed by atoms with Gasteiger partial charge in [0, 0.05) is 37.8 Å². The van der Waals surface area contributed by atoms with Gasteiger partial charge >= 0.3 is 15.6 Å². The van der Waals surface area contributed by atoms with Gasteiger partial charge in [-0.25, -0.2) is 9.83 Å². The molecule has 1 aliphatic rings. The summed E-state index contributed by atoms with van der Waals surface area (Å²) in [5.74, 6) is -0.809. The van der Waals surface area contributed by atoms with E-state index in [-0.39, 0.29) is 22.9 Å². The maximum atomic E-state index is 13.4. The molecule has 15 heteroatoms. The van der Waals surface area contributed by atoms with E-state index in [1.165, 1.54) is 6.07 Å². The fourth-order valence-electron chi connectivity index (χ4n) is 3.86. The number of aryl methyl sites for hydroxylation is 1. The van der Waals surface area contributed by atoms with Gasteiger partial charge in [0.25, 0.3) is 5.69 Å². The van der Waals surface area contributed by atoms with E-state index in [1.54, 1.807) is 15.8 Å². The quantitative estimate of drug-likeness (QED) is 0.168. The van der Waals surface area contributed by atoms with Crippen molar-refractivity contribution in [2.45, 2.75) is 24.3 Å². The van der Waals surface area contributed by atoms with Crippen molar-refractivity contribution < 1.29 is 30.2 Å². The van der Waals surface area contributed by atoms with Crippen LogP contribution in [0.5, 0.6) is 5.75 Å². The van der Waals surface area contributed by atoms with Crippen LogP contribution in [0.3, 0.4) is 0 Å². The number of aromatic nitrogens is 5. The number of hydrogen-bond donors (Lipinski definition) is 0. The molecule has 4 rings (SSSR count). The van der Waals surface area contributed by atoms with Crippen LogP contribution in [0.2, 0.25) is 0 Å². The fraction of sp³-hybridized carbons (Fsp3) is 0.350. The second kappa shape index (κ2) is 9.10. The molecule has 3 aromatic heterocycles. The number of rotatable bonds is 5. The fourth-order valence-corrected chi connectivity index (χ4v) is 4.31. The van der Waals surface area contributed by atoms with E-state index in [9.17, 15) is 26.0 Å². The number of anilines is 1. The van der Waals surface area contributed by atoms with Crippen molar-refractivity contribution in [3.8, 4) is 17.0 Å². The highest BCUT2D eigenvalue weighted by Crippen LogP contribution is 2.46. The Morgan fingerprint density at radius 2 is 1.89 bits per heavy atom. The van der Waals surface area contributed by atoms with Crippen LogP contribution in [0.25, 0.3) is 16.1 Å². The molecule has 0 aromatic carbocycles. The minimum atomic E-state index is -6.04. The van der Waals surface area contributed by atoms with E-state index < -0.39 is 33.0 Å². The second-order valence-electron chi connectivity index (χ2n) is 7.69. The summed E-state index contributed by atoms with van der Waals surface area (Å²) in [7, 11) is -4.23. The Labute approximate surface area is 197 Å². The first-order valence-electron chi connectivity index (χ1n) is 10.1. The SMILES string of the molecule is [C-]#[N+]c1c(OS(=O)(=O)C(F)(F)F)cnc(-c2ccc(F)nc2)c1N1CCC(c2nncn2C)CC1. The van der Waals surface area contributed by atoms with Gasteiger partial charge in [0.05, 0.1) is 24.2 Å². The van der Waals surface area contributed by atoms with Crippen LogP contribution in [0, 0.1) is 12.5 Å². The molecule has 0 radical (unpaired) electrons. The van der Waals surface area contributed by atoms with Crippen molar-refractivity contribution in [1.29, 1.82) is 0 Å². The van der Waals surface area contributed by atoms with Crippen molar-refractivity contribution in [3.63, 3.8) is 0 Å². The van der Waals surface area contributed by atoms with Crippen molar-refractivity contribution in [1.82, 2.24) is 24.7 Å². The van der Waals surface area contributed by atoms with Gasteiger partial charge in [-0.15, -0.1) is 10.2 Å². The van der Waals surface area contributed by atoms with Crippen LogP contribution in [-0.2, 0) is 17.2 Å². The lowest BCUT2D eigenvalue weighted by molar-refractivity contribution is -0.0499. The molecule has 184 valence electrons. The molecule has 0 aliphatic carbocycles. The van der Waals surface area contributed by atoms with Gasteiger partial charge in [0.15, 0.2) is 5.75 Å². The predicted octanol–water partition coefficient (Wildman–Crippen LogP) is 3.57. The molecular weight excluding hydrogens is 494 g/mol. The third-order valence-corrected chi connectivity index (χ3v) is 6.48. The number of pyridine rings is 2. The number of nitrogens with zero attached hydrogens (tertiary/aromatic N) is 7. The molecule has 4 heterocycles. The summed E-state index contributed by atoms with van der Waals surface area (Å²) < 4.78 is 81.4. The Morgan fingerprint density at radius 1 is 1.17 bits per heavy atom. The zero-order valence-corrected chi connectivity index (χ0v) is 18.9. The van der Waals surface area contributed by atoms with E-state index in [0.717, 1.165) is 24.3 Å². The van der Waals surface area contributed by atoms with Crippen LogP contribution < -0.4 is 9.08 Å². The van der Waals surface area contributed by atoms with Crippen molar-refractivity contribution >= 4 is 21.5 Å². The average Bonchev–Trinajstić information content (AvgIpc) is 3.24. The zero-order chi connectivity index (χ0) is 25.4. The zero-order valence-electron chi connectivity index (χ0n) is 18.1. The Hall–Kier alpha value is -3.80. The van der Waals surface area contributed by atoms with Crippen LogP contribution >= 0.6 is 0 Å². The van der Waals surface area contributed by atoms with E-state index in [1.807, 2.05) is 7.05 Å². The molecule has 35 heavy (non-hydrogen) atoms. The molecular formula is C20H17F4N7O3S. The lowest BCUT2D eigenvalue weighted by Gasteiger charge is -2.35. The maximum absolute atomic E-state index is 13.4. The molecule has 3 aromatic rings. The average molecular weight is 511 g/mol. The third-order valence-electron chi connectivity index (χ3n) is 5.51. The lowest BCUT2D eigenvalue weighted by Crippen LogP contribution is -2.34. The van der Waals surface area contributed by atoms with Gasteiger partial charge in [0.2, 0.25) is 5.95 Å². The van der Waals surface area contributed by atoms with Gasteiger partial charge in [0.1, 0.15) is 12.2 Å². The van der Waals surface area contributed by atoms with Crippen LogP contribution in [-0.4, -0.2) is 51.7 Å². The molecule has 0 amide bonds. The maximum Gasteiger partial charge on any atom is 0.534 e. The Kier molecular flexibility index (Phi) is 6.32. The Bertz CT molecular complexity index is 1380. The normalized spacial score (nSPS) is 15.1. The summed E-state index contributed by atoms with van der Waals surface area (Å²) >= 11 is 0. The highest BCUT2D eigenvalue weighted by molar-refractivity contribution is 7.88. The summed E-state index contributed by atoms with van der Waals surface area (Å²) in [6.45, 7) is 8.29.